The van der Waals surface area contributed by atoms with E-state index in [1.54, 1.807) is 0 Å². The standard InChI is InChI=1S/C13H29N2/c1-10(2)13-12(15(5,6)7)8-9-14(13)11(3)4/h10-13H,8-9H2,1-7H3/q+1. The van der Waals surface area contributed by atoms with Gasteiger partial charge < -0.3 is 4.48 Å². The normalized spacial score (nSPS) is 29.4. The second-order valence-electron chi connectivity index (χ2n) is 6.54. The van der Waals surface area contributed by atoms with Crippen molar-refractivity contribution < 1.29 is 4.48 Å². The van der Waals surface area contributed by atoms with Crippen LogP contribution in [0.4, 0.5) is 0 Å². The Balaban J connectivity index is 2.85. The molecular formula is C13H29N2+. The summed E-state index contributed by atoms with van der Waals surface area (Å²) in [6.45, 7) is 10.7. The van der Waals surface area contributed by atoms with Crippen molar-refractivity contribution in [2.75, 3.05) is 27.7 Å². The van der Waals surface area contributed by atoms with Gasteiger partial charge in [0.05, 0.1) is 27.2 Å². The van der Waals surface area contributed by atoms with Gasteiger partial charge in [0.1, 0.15) is 6.04 Å². The van der Waals surface area contributed by atoms with E-state index in [2.05, 4.69) is 53.7 Å². The van der Waals surface area contributed by atoms with Gasteiger partial charge in [-0.05, 0) is 19.8 Å². The monoisotopic (exact) mass is 213 g/mol. The van der Waals surface area contributed by atoms with Crippen molar-refractivity contribution in [2.45, 2.75) is 52.2 Å². The fourth-order valence-electron chi connectivity index (χ4n) is 3.10. The summed E-state index contributed by atoms with van der Waals surface area (Å²) in [6.07, 6.45) is 1.35. The highest BCUT2D eigenvalue weighted by Gasteiger charge is 2.44. The van der Waals surface area contributed by atoms with Crippen LogP contribution in [-0.2, 0) is 0 Å². The Hall–Kier alpha value is -0.0800. The molecule has 0 spiro atoms. The third-order valence-electron chi connectivity index (χ3n) is 3.80. The predicted octanol–water partition coefficient (Wildman–Crippen LogP) is 2.20. The Morgan fingerprint density at radius 1 is 1.07 bits per heavy atom. The van der Waals surface area contributed by atoms with Crippen LogP contribution < -0.4 is 0 Å². The van der Waals surface area contributed by atoms with Crippen LogP contribution in [0.1, 0.15) is 34.1 Å². The molecule has 1 aliphatic heterocycles. The van der Waals surface area contributed by atoms with Gasteiger partial charge in [-0.15, -0.1) is 0 Å². The molecule has 2 atom stereocenters. The molecular weight excluding hydrogens is 184 g/mol. The molecule has 2 heteroatoms. The van der Waals surface area contributed by atoms with Crippen molar-refractivity contribution in [3.63, 3.8) is 0 Å². The summed E-state index contributed by atoms with van der Waals surface area (Å²) in [6, 6.07) is 2.24. The Morgan fingerprint density at radius 2 is 1.60 bits per heavy atom. The summed E-state index contributed by atoms with van der Waals surface area (Å²) < 4.78 is 1.10. The van der Waals surface area contributed by atoms with Crippen molar-refractivity contribution in [2.24, 2.45) is 5.92 Å². The summed E-state index contributed by atoms with van der Waals surface area (Å²) in [5.74, 6) is 0.761. The van der Waals surface area contributed by atoms with Crippen molar-refractivity contribution >= 4 is 0 Å². The van der Waals surface area contributed by atoms with E-state index in [9.17, 15) is 0 Å². The molecule has 1 saturated heterocycles. The van der Waals surface area contributed by atoms with E-state index in [0.29, 0.717) is 6.04 Å². The smallest absolute Gasteiger partial charge is 0.106 e. The van der Waals surface area contributed by atoms with Gasteiger partial charge >= 0.3 is 0 Å². The third-order valence-corrected chi connectivity index (χ3v) is 3.80. The molecule has 2 nitrogen and oxygen atoms in total. The minimum absolute atomic E-state index is 0.689. The van der Waals surface area contributed by atoms with Gasteiger partial charge in [0, 0.05) is 19.0 Å². The van der Waals surface area contributed by atoms with Crippen molar-refractivity contribution in [1.82, 2.24) is 4.90 Å². The van der Waals surface area contributed by atoms with Crippen LogP contribution in [0.15, 0.2) is 0 Å². The van der Waals surface area contributed by atoms with Crippen LogP contribution in [-0.4, -0.2) is 55.2 Å². The molecule has 90 valence electrons. The van der Waals surface area contributed by atoms with E-state index in [-0.39, 0.29) is 0 Å². The summed E-state index contributed by atoms with van der Waals surface area (Å²) in [5.41, 5.74) is 0. The largest absolute Gasteiger partial charge is 0.327 e. The average Bonchev–Trinajstić information content (AvgIpc) is 2.45. The number of likely N-dealkylation sites (N-methyl/N-ethyl adjacent to an activating group) is 1. The van der Waals surface area contributed by atoms with E-state index in [1.165, 1.54) is 13.0 Å². The molecule has 0 aromatic heterocycles. The van der Waals surface area contributed by atoms with Crippen LogP contribution in [0, 0.1) is 5.92 Å². The molecule has 0 saturated carbocycles. The van der Waals surface area contributed by atoms with Crippen molar-refractivity contribution in [3.8, 4) is 0 Å². The van der Waals surface area contributed by atoms with Gasteiger partial charge in [-0.25, -0.2) is 0 Å². The number of likely N-dealkylation sites (tertiary alicyclic amines) is 1. The maximum Gasteiger partial charge on any atom is 0.106 e. The molecule has 0 amide bonds. The number of hydrogen-bond donors (Lipinski definition) is 0. The van der Waals surface area contributed by atoms with Crippen LogP contribution in [0.2, 0.25) is 0 Å². The maximum absolute atomic E-state index is 2.69. The second kappa shape index (κ2) is 4.42. The van der Waals surface area contributed by atoms with Crippen molar-refractivity contribution in [1.29, 1.82) is 0 Å². The summed E-state index contributed by atoms with van der Waals surface area (Å²) >= 11 is 0. The van der Waals surface area contributed by atoms with E-state index >= 15 is 0 Å². The first kappa shape index (κ1) is 13.0. The maximum atomic E-state index is 2.69. The molecule has 15 heavy (non-hydrogen) atoms. The van der Waals surface area contributed by atoms with Crippen LogP contribution in [0.25, 0.3) is 0 Å². The molecule has 0 aromatic rings. The lowest BCUT2D eigenvalue weighted by Gasteiger charge is -2.40. The molecule has 0 N–H and O–H groups in total. The molecule has 1 heterocycles. The molecule has 0 radical (unpaired) electrons. The van der Waals surface area contributed by atoms with Gasteiger partial charge in [-0.1, -0.05) is 13.8 Å². The zero-order chi connectivity index (χ0) is 11.8. The van der Waals surface area contributed by atoms with Gasteiger partial charge in [0.15, 0.2) is 0 Å². The Bertz CT molecular complexity index is 203. The molecule has 0 aliphatic carbocycles. The zero-order valence-corrected chi connectivity index (χ0v) is 11.6. The first-order chi connectivity index (χ1) is 6.75. The Kier molecular flexibility index (Phi) is 3.83. The second-order valence-corrected chi connectivity index (χ2v) is 6.54. The lowest BCUT2D eigenvalue weighted by atomic mass is 9.95. The Labute approximate surface area is 95.8 Å². The highest BCUT2D eigenvalue weighted by atomic mass is 15.4. The van der Waals surface area contributed by atoms with Crippen LogP contribution >= 0.6 is 0 Å². The number of quaternary nitrogens is 1. The van der Waals surface area contributed by atoms with Crippen LogP contribution in [0.5, 0.6) is 0 Å². The Morgan fingerprint density at radius 3 is 1.93 bits per heavy atom. The summed E-state index contributed by atoms with van der Waals surface area (Å²) in [4.78, 5) is 2.69. The average molecular weight is 213 g/mol. The van der Waals surface area contributed by atoms with Gasteiger partial charge in [-0.2, -0.15) is 0 Å². The first-order valence-corrected chi connectivity index (χ1v) is 6.32. The lowest BCUT2D eigenvalue weighted by molar-refractivity contribution is -0.897. The highest BCUT2D eigenvalue weighted by Crippen LogP contribution is 2.31. The number of hydrogen-bond acceptors (Lipinski definition) is 1. The summed E-state index contributed by atoms with van der Waals surface area (Å²) in [5, 5.41) is 0. The number of nitrogens with zero attached hydrogens (tertiary/aromatic N) is 2. The van der Waals surface area contributed by atoms with E-state index < -0.39 is 0 Å². The van der Waals surface area contributed by atoms with E-state index in [4.69, 9.17) is 0 Å². The molecule has 1 fully saturated rings. The van der Waals surface area contributed by atoms with Crippen molar-refractivity contribution in [3.05, 3.63) is 0 Å². The highest BCUT2D eigenvalue weighted by molar-refractivity contribution is 4.91. The van der Waals surface area contributed by atoms with Gasteiger partial charge in [-0.3, -0.25) is 4.90 Å². The minimum atomic E-state index is 0.689. The summed E-state index contributed by atoms with van der Waals surface area (Å²) in [7, 11) is 7.01. The lowest BCUT2D eigenvalue weighted by Crippen LogP contribution is -2.54. The number of rotatable bonds is 3. The molecule has 0 bridgehead atoms. The quantitative estimate of drug-likeness (QED) is 0.650. The molecule has 1 rings (SSSR count). The fourth-order valence-corrected chi connectivity index (χ4v) is 3.10. The third kappa shape index (κ3) is 2.73. The topological polar surface area (TPSA) is 3.24 Å². The van der Waals surface area contributed by atoms with E-state index in [0.717, 1.165) is 22.5 Å². The first-order valence-electron chi connectivity index (χ1n) is 6.32. The van der Waals surface area contributed by atoms with Crippen LogP contribution in [0.3, 0.4) is 0 Å². The van der Waals surface area contributed by atoms with Gasteiger partial charge in [0.2, 0.25) is 0 Å². The minimum Gasteiger partial charge on any atom is -0.327 e. The zero-order valence-electron chi connectivity index (χ0n) is 11.6. The fraction of sp³-hybridized carbons (Fsp3) is 1.00. The SMILES string of the molecule is CC(C)C1C([N+](C)(C)C)CCN1C(C)C. The molecule has 0 aromatic carbocycles. The van der Waals surface area contributed by atoms with E-state index in [1.807, 2.05) is 0 Å². The predicted molar refractivity (Wildman–Crippen MR) is 66.9 cm³/mol. The van der Waals surface area contributed by atoms with Gasteiger partial charge in [0.25, 0.3) is 0 Å². The molecule has 2 unspecified atom stereocenters. The molecule has 1 aliphatic rings.